The van der Waals surface area contributed by atoms with Crippen molar-refractivity contribution in [3.63, 3.8) is 0 Å². The minimum atomic E-state index is 0.306. The lowest BCUT2D eigenvalue weighted by Gasteiger charge is -2.08. The first-order valence-electron chi connectivity index (χ1n) is 19.9. The van der Waals surface area contributed by atoms with Crippen molar-refractivity contribution in [2.45, 2.75) is 51.6 Å². The Labute approximate surface area is 347 Å². The average molecular weight is 797 g/mol. The van der Waals surface area contributed by atoms with E-state index < -0.39 is 0 Å². The lowest BCUT2D eigenvalue weighted by molar-refractivity contribution is 0.410. The molecule has 0 saturated heterocycles. The second kappa shape index (κ2) is 16.8. The standard InChI is InChI=1S/2C23H22N6O/c2*1-16-14-28(15-25-16)23-20(30-2)12-17(13-24-23)8-9-21-26-22-19(10-11-29(22)27-21)18-6-4-3-5-7-18/h2*3-9,12-15,19H,10-11H2,1-2H3/b2*9-8+/t2*19-/m10/s1. The van der Waals surface area contributed by atoms with Crippen LogP contribution in [0.25, 0.3) is 35.9 Å². The topological polar surface area (TPSA) is 141 Å². The van der Waals surface area contributed by atoms with Gasteiger partial charge in [-0.2, -0.15) is 10.2 Å². The zero-order chi connectivity index (χ0) is 41.0. The number of aromatic nitrogens is 12. The van der Waals surface area contributed by atoms with Crippen LogP contribution in [0.3, 0.4) is 0 Å². The Morgan fingerprint density at radius 2 is 1.00 bits per heavy atom. The van der Waals surface area contributed by atoms with Gasteiger partial charge in [0.15, 0.2) is 34.8 Å². The van der Waals surface area contributed by atoms with E-state index in [1.165, 1.54) is 11.1 Å². The molecule has 2 aliphatic heterocycles. The molecule has 10 rings (SSSR count). The van der Waals surface area contributed by atoms with E-state index in [9.17, 15) is 0 Å². The van der Waals surface area contributed by atoms with Crippen molar-refractivity contribution in [2.24, 2.45) is 0 Å². The quantitative estimate of drug-likeness (QED) is 0.135. The third-order valence-corrected chi connectivity index (χ3v) is 10.6. The van der Waals surface area contributed by atoms with Gasteiger partial charge in [0, 0.05) is 49.7 Å². The van der Waals surface area contributed by atoms with Crippen molar-refractivity contribution in [3.8, 4) is 23.1 Å². The molecule has 6 aromatic heterocycles. The monoisotopic (exact) mass is 796 g/mol. The Hall–Kier alpha value is -7.48. The van der Waals surface area contributed by atoms with Crippen LogP contribution in [0.4, 0.5) is 0 Å². The van der Waals surface area contributed by atoms with Gasteiger partial charge in [-0.05, 0) is 85.4 Å². The first-order chi connectivity index (χ1) is 29.4. The molecule has 8 heterocycles. The lowest BCUT2D eigenvalue weighted by atomic mass is 9.97. The molecular formula is C46H44N12O2. The molecule has 0 fully saturated rings. The number of hydrogen-bond acceptors (Lipinski definition) is 10. The predicted octanol–water partition coefficient (Wildman–Crippen LogP) is 7.76. The number of hydrogen-bond donors (Lipinski definition) is 0. The van der Waals surface area contributed by atoms with Gasteiger partial charge in [0.1, 0.15) is 24.3 Å². The van der Waals surface area contributed by atoms with Crippen LogP contribution in [-0.4, -0.2) is 72.8 Å². The normalized spacial score (nSPS) is 15.6. The third kappa shape index (κ3) is 7.99. The van der Waals surface area contributed by atoms with Crippen LogP contribution in [-0.2, 0) is 13.1 Å². The van der Waals surface area contributed by atoms with Crippen molar-refractivity contribution in [1.82, 2.24) is 58.6 Å². The molecule has 0 N–H and O–H groups in total. The molecule has 2 aliphatic rings. The maximum Gasteiger partial charge on any atom is 0.180 e. The molecule has 0 saturated carbocycles. The SMILES string of the molecule is COc1cc(/C=C/c2nc3n(n2)CC[C@@H]3c2ccccc2)cnc1-n1cnc(C)c1.COc1cc(/C=C/c2nc3n(n2)CC[C@H]3c2ccccc2)cnc1-n1cnc(C)c1. The van der Waals surface area contributed by atoms with E-state index >= 15 is 0 Å². The maximum atomic E-state index is 5.53. The fourth-order valence-electron chi connectivity index (χ4n) is 7.68. The van der Waals surface area contributed by atoms with E-state index in [4.69, 9.17) is 19.4 Å². The Kier molecular flexibility index (Phi) is 10.6. The minimum absolute atomic E-state index is 0.306. The van der Waals surface area contributed by atoms with Crippen molar-refractivity contribution in [1.29, 1.82) is 0 Å². The van der Waals surface area contributed by atoms with Gasteiger partial charge < -0.3 is 9.47 Å². The number of nitrogens with zero attached hydrogens (tertiary/aromatic N) is 12. The van der Waals surface area contributed by atoms with Crippen molar-refractivity contribution < 1.29 is 9.47 Å². The number of imidazole rings is 2. The first kappa shape index (κ1) is 38.1. The summed E-state index contributed by atoms with van der Waals surface area (Å²) in [7, 11) is 3.28. The molecule has 0 amide bonds. The van der Waals surface area contributed by atoms with Gasteiger partial charge in [-0.1, -0.05) is 60.7 Å². The van der Waals surface area contributed by atoms with Gasteiger partial charge in [-0.25, -0.2) is 39.3 Å². The highest BCUT2D eigenvalue weighted by Crippen LogP contribution is 2.34. The number of rotatable bonds is 10. The maximum absolute atomic E-state index is 5.53. The molecule has 60 heavy (non-hydrogen) atoms. The molecule has 2 atom stereocenters. The minimum Gasteiger partial charge on any atom is -0.493 e. The summed E-state index contributed by atoms with van der Waals surface area (Å²) in [4.78, 5) is 27.2. The smallest absolute Gasteiger partial charge is 0.180 e. The van der Waals surface area contributed by atoms with Gasteiger partial charge in [0.25, 0.3) is 0 Å². The van der Waals surface area contributed by atoms with Gasteiger partial charge in [-0.3, -0.25) is 9.13 Å². The fourth-order valence-corrected chi connectivity index (χ4v) is 7.68. The van der Waals surface area contributed by atoms with Crippen LogP contribution in [0.2, 0.25) is 0 Å². The highest BCUT2D eigenvalue weighted by molar-refractivity contribution is 5.68. The number of benzene rings is 2. The van der Waals surface area contributed by atoms with Crippen molar-refractivity contribution in [2.75, 3.05) is 14.2 Å². The highest BCUT2D eigenvalue weighted by atomic mass is 16.5. The molecule has 2 aromatic carbocycles. The molecule has 0 unspecified atom stereocenters. The van der Waals surface area contributed by atoms with Crippen LogP contribution in [0.5, 0.6) is 11.5 Å². The number of fused-ring (bicyclic) bond motifs is 2. The number of ether oxygens (including phenoxy) is 2. The van der Waals surface area contributed by atoms with E-state index in [1.54, 1.807) is 39.3 Å². The van der Waals surface area contributed by atoms with Gasteiger partial charge in [0.05, 0.1) is 25.6 Å². The molecule has 300 valence electrons. The first-order valence-corrected chi connectivity index (χ1v) is 19.9. The van der Waals surface area contributed by atoms with Crippen LogP contribution in [0.15, 0.2) is 110 Å². The number of methoxy groups -OCH3 is 2. The molecule has 0 bridgehead atoms. The fraction of sp³-hybridized carbons (Fsp3) is 0.217. The molecule has 14 nitrogen and oxygen atoms in total. The Morgan fingerprint density at radius 3 is 1.38 bits per heavy atom. The highest BCUT2D eigenvalue weighted by Gasteiger charge is 2.28. The molecule has 0 radical (unpaired) electrons. The summed E-state index contributed by atoms with van der Waals surface area (Å²) >= 11 is 0. The van der Waals surface area contributed by atoms with Crippen LogP contribution in [0.1, 0.15) is 81.6 Å². The summed E-state index contributed by atoms with van der Waals surface area (Å²) in [5, 5.41) is 9.29. The van der Waals surface area contributed by atoms with E-state index in [0.717, 1.165) is 60.1 Å². The molecule has 8 aromatic rings. The summed E-state index contributed by atoms with van der Waals surface area (Å²) in [6.45, 7) is 5.67. The second-order valence-corrected chi connectivity index (χ2v) is 14.7. The van der Waals surface area contributed by atoms with Gasteiger partial charge in [-0.15, -0.1) is 0 Å². The summed E-state index contributed by atoms with van der Waals surface area (Å²) in [5.41, 5.74) is 6.27. The second-order valence-electron chi connectivity index (χ2n) is 14.7. The predicted molar refractivity (Wildman–Crippen MR) is 229 cm³/mol. The number of pyridine rings is 2. The van der Waals surface area contributed by atoms with Crippen LogP contribution >= 0.6 is 0 Å². The zero-order valence-electron chi connectivity index (χ0n) is 33.9. The van der Waals surface area contributed by atoms with Crippen molar-refractivity contribution >= 4 is 24.3 Å². The van der Waals surface area contributed by atoms with Crippen LogP contribution < -0.4 is 9.47 Å². The van der Waals surface area contributed by atoms with Gasteiger partial charge >= 0.3 is 0 Å². The summed E-state index contributed by atoms with van der Waals surface area (Å²) in [5.74, 6) is 6.86. The Morgan fingerprint density at radius 1 is 0.567 bits per heavy atom. The summed E-state index contributed by atoms with van der Waals surface area (Å²) in [6, 6.07) is 24.9. The molecule has 0 aliphatic carbocycles. The van der Waals surface area contributed by atoms with E-state index in [0.29, 0.717) is 46.6 Å². The van der Waals surface area contributed by atoms with E-state index in [2.05, 4.69) is 78.7 Å². The number of aryl methyl sites for hydroxylation is 4. The largest absolute Gasteiger partial charge is 0.493 e. The molecular weight excluding hydrogens is 753 g/mol. The van der Waals surface area contributed by atoms with E-state index in [-0.39, 0.29) is 0 Å². The molecule has 0 spiro atoms. The Balaban J connectivity index is 0.000000154. The lowest BCUT2D eigenvalue weighted by Crippen LogP contribution is -1.99. The van der Waals surface area contributed by atoms with Crippen molar-refractivity contribution in [3.05, 3.63) is 167 Å². The average Bonchev–Trinajstić information content (AvgIpc) is 4.15. The zero-order valence-corrected chi connectivity index (χ0v) is 33.9. The van der Waals surface area contributed by atoms with Gasteiger partial charge in [0.2, 0.25) is 0 Å². The third-order valence-electron chi connectivity index (χ3n) is 10.6. The van der Waals surface area contributed by atoms with E-state index in [1.807, 2.05) is 93.3 Å². The van der Waals surface area contributed by atoms with Crippen LogP contribution in [0, 0.1) is 13.8 Å². The summed E-state index contributed by atoms with van der Waals surface area (Å²) in [6.07, 6.45) is 20.8. The Bertz CT molecular complexity index is 2610. The molecule has 14 heteroatoms. The summed E-state index contributed by atoms with van der Waals surface area (Å²) < 4.78 is 18.8.